The van der Waals surface area contributed by atoms with E-state index in [4.69, 9.17) is 10.5 Å². The van der Waals surface area contributed by atoms with Crippen molar-refractivity contribution in [2.45, 2.75) is 26.3 Å². The lowest BCUT2D eigenvalue weighted by Crippen LogP contribution is -2.32. The largest absolute Gasteiger partial charge is 0.497 e. The van der Waals surface area contributed by atoms with Gasteiger partial charge in [0.1, 0.15) is 5.75 Å². The fourth-order valence-corrected chi connectivity index (χ4v) is 1.73. The van der Waals surface area contributed by atoms with Crippen LogP contribution in [0, 0.1) is 5.92 Å². The van der Waals surface area contributed by atoms with E-state index in [2.05, 4.69) is 5.32 Å². The number of nitrogens with two attached hydrogens (primary N) is 1. The first kappa shape index (κ1) is 14.5. The number of benzene rings is 1. The van der Waals surface area contributed by atoms with Gasteiger partial charge in [-0.3, -0.25) is 4.79 Å². The topological polar surface area (TPSA) is 64.3 Å². The molecule has 0 aliphatic heterocycles. The van der Waals surface area contributed by atoms with Gasteiger partial charge in [-0.1, -0.05) is 19.1 Å². The number of amides is 1. The minimum atomic E-state index is -0.0527. The molecule has 0 radical (unpaired) electrons. The fourth-order valence-electron chi connectivity index (χ4n) is 1.73. The smallest absolute Gasteiger partial charge is 0.223 e. The molecule has 0 spiro atoms. The number of methoxy groups -OCH3 is 1. The van der Waals surface area contributed by atoms with E-state index in [1.54, 1.807) is 7.11 Å². The van der Waals surface area contributed by atoms with E-state index in [0.29, 0.717) is 13.0 Å². The number of rotatable bonds is 6. The van der Waals surface area contributed by atoms with Crippen molar-refractivity contribution in [3.8, 4) is 5.75 Å². The maximum Gasteiger partial charge on any atom is 0.223 e. The molecule has 1 amide bonds. The zero-order chi connectivity index (χ0) is 13.5. The Bertz CT molecular complexity index is 393. The molecule has 0 heterocycles. The summed E-state index contributed by atoms with van der Waals surface area (Å²) in [5.74, 6) is 0.780. The quantitative estimate of drug-likeness (QED) is 0.810. The van der Waals surface area contributed by atoms with Gasteiger partial charge in [0.05, 0.1) is 13.2 Å². The van der Waals surface area contributed by atoms with E-state index in [0.717, 1.165) is 11.3 Å². The Morgan fingerprint density at radius 3 is 2.78 bits per heavy atom. The predicted octanol–water partition coefficient (Wildman–Crippen LogP) is 1.86. The van der Waals surface area contributed by atoms with Gasteiger partial charge < -0.3 is 15.8 Å². The van der Waals surface area contributed by atoms with Gasteiger partial charge in [-0.15, -0.1) is 0 Å². The van der Waals surface area contributed by atoms with Crippen molar-refractivity contribution in [2.75, 3.05) is 13.7 Å². The van der Waals surface area contributed by atoms with Crippen molar-refractivity contribution in [3.05, 3.63) is 29.8 Å². The zero-order valence-electron chi connectivity index (χ0n) is 11.3. The third-order valence-corrected chi connectivity index (χ3v) is 3.00. The number of hydrogen-bond acceptors (Lipinski definition) is 3. The summed E-state index contributed by atoms with van der Waals surface area (Å²) in [5.41, 5.74) is 6.48. The van der Waals surface area contributed by atoms with Crippen molar-refractivity contribution >= 4 is 5.91 Å². The number of carbonyl (C=O) groups excluding carboxylic acids is 1. The highest BCUT2D eigenvalue weighted by Crippen LogP contribution is 2.19. The summed E-state index contributed by atoms with van der Waals surface area (Å²) < 4.78 is 5.17. The maximum atomic E-state index is 11.9. The fraction of sp³-hybridized carbons (Fsp3) is 0.500. The molecular formula is C14H22N2O2. The summed E-state index contributed by atoms with van der Waals surface area (Å²) in [4.78, 5) is 11.9. The molecule has 100 valence electrons. The van der Waals surface area contributed by atoms with E-state index in [1.165, 1.54) is 0 Å². The van der Waals surface area contributed by atoms with Crippen molar-refractivity contribution in [1.29, 1.82) is 0 Å². The van der Waals surface area contributed by atoms with Crippen LogP contribution in [-0.4, -0.2) is 19.6 Å². The number of carbonyl (C=O) groups is 1. The Kier molecular flexibility index (Phi) is 5.65. The third kappa shape index (κ3) is 4.04. The molecule has 3 N–H and O–H groups in total. The van der Waals surface area contributed by atoms with Gasteiger partial charge in [0.2, 0.25) is 5.91 Å². The predicted molar refractivity (Wildman–Crippen MR) is 72.4 cm³/mol. The van der Waals surface area contributed by atoms with Gasteiger partial charge >= 0.3 is 0 Å². The van der Waals surface area contributed by atoms with Crippen molar-refractivity contribution in [2.24, 2.45) is 11.7 Å². The molecule has 0 bridgehead atoms. The first-order valence-electron chi connectivity index (χ1n) is 6.23. The summed E-state index contributed by atoms with van der Waals surface area (Å²) in [7, 11) is 1.63. The Balaban J connectivity index is 2.64. The molecule has 1 rings (SSSR count). The molecule has 2 atom stereocenters. The monoisotopic (exact) mass is 250 g/mol. The van der Waals surface area contributed by atoms with E-state index in [-0.39, 0.29) is 17.9 Å². The van der Waals surface area contributed by atoms with Crippen LogP contribution in [0.15, 0.2) is 24.3 Å². The third-order valence-electron chi connectivity index (χ3n) is 3.00. The van der Waals surface area contributed by atoms with E-state index in [1.807, 2.05) is 38.1 Å². The lowest BCUT2D eigenvalue weighted by molar-refractivity contribution is -0.125. The average Bonchev–Trinajstić information content (AvgIpc) is 2.39. The molecule has 0 fully saturated rings. The second-order valence-electron chi connectivity index (χ2n) is 4.49. The Hall–Kier alpha value is -1.55. The molecule has 0 aromatic heterocycles. The van der Waals surface area contributed by atoms with Gasteiger partial charge in [0, 0.05) is 5.92 Å². The van der Waals surface area contributed by atoms with Gasteiger partial charge in [0.25, 0.3) is 0 Å². The Labute approximate surface area is 109 Å². The lowest BCUT2D eigenvalue weighted by Gasteiger charge is -2.18. The van der Waals surface area contributed by atoms with Crippen LogP contribution in [0.3, 0.4) is 0 Å². The summed E-state index contributed by atoms with van der Waals surface area (Å²) in [6, 6.07) is 7.67. The molecule has 0 aliphatic carbocycles. The standard InChI is InChI=1S/C14H22N2O2/c1-10(7-8-15)14(17)16-11(2)12-5-4-6-13(9-12)18-3/h4-6,9-11H,7-8,15H2,1-3H3,(H,16,17). The van der Waals surface area contributed by atoms with Crippen LogP contribution < -0.4 is 15.8 Å². The van der Waals surface area contributed by atoms with Gasteiger partial charge in [0.15, 0.2) is 0 Å². The maximum absolute atomic E-state index is 11.9. The molecule has 0 aliphatic rings. The molecule has 0 saturated heterocycles. The summed E-state index contributed by atoms with van der Waals surface area (Å²) in [6.45, 7) is 4.38. The molecular weight excluding hydrogens is 228 g/mol. The van der Waals surface area contributed by atoms with Gasteiger partial charge in [-0.05, 0) is 37.6 Å². The zero-order valence-corrected chi connectivity index (χ0v) is 11.3. The molecule has 2 unspecified atom stereocenters. The van der Waals surface area contributed by atoms with E-state index < -0.39 is 0 Å². The van der Waals surface area contributed by atoms with Crippen LogP contribution >= 0.6 is 0 Å². The molecule has 4 heteroatoms. The van der Waals surface area contributed by atoms with Crippen LogP contribution in [0.2, 0.25) is 0 Å². The van der Waals surface area contributed by atoms with Crippen LogP contribution in [-0.2, 0) is 4.79 Å². The molecule has 1 aromatic carbocycles. The first-order chi connectivity index (χ1) is 8.58. The van der Waals surface area contributed by atoms with Crippen molar-refractivity contribution in [3.63, 3.8) is 0 Å². The summed E-state index contributed by atoms with van der Waals surface area (Å²) in [6.07, 6.45) is 0.705. The molecule has 4 nitrogen and oxygen atoms in total. The first-order valence-corrected chi connectivity index (χ1v) is 6.23. The van der Waals surface area contributed by atoms with Crippen LogP contribution in [0.4, 0.5) is 0 Å². The highest BCUT2D eigenvalue weighted by Gasteiger charge is 2.15. The minimum Gasteiger partial charge on any atom is -0.497 e. The summed E-state index contributed by atoms with van der Waals surface area (Å²) in [5, 5.41) is 2.98. The van der Waals surface area contributed by atoms with Crippen molar-refractivity contribution < 1.29 is 9.53 Å². The van der Waals surface area contributed by atoms with Gasteiger partial charge in [-0.25, -0.2) is 0 Å². The lowest BCUT2D eigenvalue weighted by atomic mass is 10.0. The SMILES string of the molecule is COc1cccc(C(C)NC(=O)C(C)CCN)c1. The van der Waals surface area contributed by atoms with Crippen LogP contribution in [0.25, 0.3) is 0 Å². The van der Waals surface area contributed by atoms with E-state index >= 15 is 0 Å². The second-order valence-corrected chi connectivity index (χ2v) is 4.49. The Morgan fingerprint density at radius 1 is 1.44 bits per heavy atom. The number of ether oxygens (including phenoxy) is 1. The van der Waals surface area contributed by atoms with Crippen LogP contribution in [0.5, 0.6) is 5.75 Å². The Morgan fingerprint density at radius 2 is 2.17 bits per heavy atom. The number of nitrogens with one attached hydrogen (secondary N) is 1. The molecule has 1 aromatic rings. The highest BCUT2D eigenvalue weighted by molar-refractivity contribution is 5.78. The normalized spacial score (nSPS) is 13.8. The van der Waals surface area contributed by atoms with Crippen LogP contribution in [0.1, 0.15) is 31.9 Å². The second kappa shape index (κ2) is 7.01. The van der Waals surface area contributed by atoms with E-state index in [9.17, 15) is 4.79 Å². The molecule has 18 heavy (non-hydrogen) atoms. The minimum absolute atomic E-state index is 0.0344. The highest BCUT2D eigenvalue weighted by atomic mass is 16.5. The van der Waals surface area contributed by atoms with Gasteiger partial charge in [-0.2, -0.15) is 0 Å². The number of hydrogen-bond donors (Lipinski definition) is 2. The summed E-state index contributed by atoms with van der Waals surface area (Å²) >= 11 is 0. The molecule has 0 saturated carbocycles. The van der Waals surface area contributed by atoms with Crippen molar-refractivity contribution in [1.82, 2.24) is 5.32 Å². The average molecular weight is 250 g/mol.